The Balaban J connectivity index is 1.99. The molecule has 0 aromatic heterocycles. The Labute approximate surface area is 116 Å². The monoisotopic (exact) mass is 266 g/mol. The third-order valence-corrected chi connectivity index (χ3v) is 6.63. The van der Waals surface area contributed by atoms with Crippen LogP contribution < -0.4 is 0 Å². The van der Waals surface area contributed by atoms with Crippen LogP contribution in [0.4, 0.5) is 0 Å². The summed E-state index contributed by atoms with van der Waals surface area (Å²) < 4.78 is 0. The van der Waals surface area contributed by atoms with Gasteiger partial charge < -0.3 is 5.11 Å². The van der Waals surface area contributed by atoms with E-state index in [9.17, 15) is 5.11 Å². The fourth-order valence-electron chi connectivity index (χ4n) is 4.86. The number of allylic oxidation sites excluding steroid dienone is 2. The average Bonchev–Trinajstić information content (AvgIpc) is 2.30. The lowest BCUT2D eigenvalue weighted by Gasteiger charge is -2.56. The molecule has 0 spiro atoms. The zero-order valence-corrected chi connectivity index (χ0v) is 12.7. The summed E-state index contributed by atoms with van der Waals surface area (Å²) in [5.74, 6) is 3.56. The van der Waals surface area contributed by atoms with Crippen LogP contribution in [0.2, 0.25) is 0 Å². The summed E-state index contributed by atoms with van der Waals surface area (Å²) in [6.45, 7) is 6.84. The van der Waals surface area contributed by atoms with Crippen molar-refractivity contribution in [1.29, 1.82) is 0 Å². The van der Waals surface area contributed by atoms with Gasteiger partial charge in [0.1, 0.15) is 4.93 Å². The number of hydrogen-bond acceptors (Lipinski definition) is 2. The first kappa shape index (κ1) is 13.1. The summed E-state index contributed by atoms with van der Waals surface area (Å²) in [6, 6.07) is 0. The van der Waals surface area contributed by atoms with E-state index in [0.29, 0.717) is 29.6 Å². The topological polar surface area (TPSA) is 20.2 Å². The van der Waals surface area contributed by atoms with Crippen molar-refractivity contribution < 1.29 is 5.11 Å². The molecular weight excluding hydrogens is 240 g/mol. The standard InChI is InChI=1S/C16H26OS/c1-9(2)12-7-11-4-5-15-14(8-11)13(12)6-10(3)16(15,17)18/h7,9-11,13-15,17-18H,4-6,8H2,1-3H3. The van der Waals surface area contributed by atoms with E-state index in [-0.39, 0.29) is 0 Å². The highest BCUT2D eigenvalue weighted by Gasteiger charge is 2.54. The molecule has 18 heavy (non-hydrogen) atoms. The maximum absolute atomic E-state index is 10.7. The minimum Gasteiger partial charge on any atom is -0.379 e. The van der Waals surface area contributed by atoms with E-state index in [0.717, 1.165) is 18.8 Å². The first-order valence-electron chi connectivity index (χ1n) is 7.57. The first-order chi connectivity index (χ1) is 8.41. The molecule has 102 valence electrons. The Hall–Kier alpha value is 0.0500. The molecule has 2 fully saturated rings. The number of thiol groups is 1. The normalized spacial score (nSPS) is 51.2. The van der Waals surface area contributed by atoms with Crippen LogP contribution >= 0.6 is 12.6 Å². The SMILES string of the molecule is CC(C)C1=CC2CCC3C(C2)C1CC(C)C3(O)S. The van der Waals surface area contributed by atoms with Crippen molar-refractivity contribution >= 4 is 12.6 Å². The number of fused-ring (bicyclic) bond motifs is 1. The van der Waals surface area contributed by atoms with Gasteiger partial charge in [-0.05, 0) is 55.3 Å². The second kappa shape index (κ2) is 4.28. The summed E-state index contributed by atoms with van der Waals surface area (Å²) in [4.78, 5) is -0.731. The van der Waals surface area contributed by atoms with Gasteiger partial charge in [0.05, 0.1) is 0 Å². The fourth-order valence-corrected chi connectivity index (χ4v) is 5.28. The molecule has 0 aromatic rings. The number of hydrogen-bond donors (Lipinski definition) is 2. The van der Waals surface area contributed by atoms with Crippen LogP contribution in [0.15, 0.2) is 11.6 Å². The summed E-state index contributed by atoms with van der Waals surface area (Å²) in [5, 5.41) is 10.7. The maximum atomic E-state index is 10.7. The molecule has 2 heteroatoms. The number of rotatable bonds is 1. The zero-order valence-electron chi connectivity index (χ0n) is 11.8. The lowest BCUT2D eigenvalue weighted by molar-refractivity contribution is -0.0826. The van der Waals surface area contributed by atoms with Gasteiger partial charge in [0.15, 0.2) is 0 Å². The molecule has 0 radical (unpaired) electrons. The van der Waals surface area contributed by atoms with E-state index < -0.39 is 4.93 Å². The molecule has 3 aliphatic carbocycles. The minimum atomic E-state index is -0.731. The van der Waals surface area contributed by atoms with E-state index in [4.69, 9.17) is 0 Å². The van der Waals surface area contributed by atoms with Crippen LogP contribution in [0, 0.1) is 35.5 Å². The van der Waals surface area contributed by atoms with E-state index >= 15 is 0 Å². The van der Waals surface area contributed by atoms with Crippen LogP contribution in [0.1, 0.15) is 46.5 Å². The lowest BCUT2D eigenvalue weighted by atomic mass is 9.53. The lowest BCUT2D eigenvalue weighted by Crippen LogP contribution is -2.53. The first-order valence-corrected chi connectivity index (χ1v) is 8.02. The molecule has 2 saturated carbocycles. The maximum Gasteiger partial charge on any atom is 0.113 e. The van der Waals surface area contributed by atoms with Gasteiger partial charge >= 0.3 is 0 Å². The van der Waals surface area contributed by atoms with Crippen molar-refractivity contribution in [3.63, 3.8) is 0 Å². The molecule has 6 unspecified atom stereocenters. The van der Waals surface area contributed by atoms with Gasteiger partial charge in [0, 0.05) is 5.92 Å². The Kier molecular flexibility index (Phi) is 3.10. The fraction of sp³-hybridized carbons (Fsp3) is 0.875. The van der Waals surface area contributed by atoms with E-state index in [1.165, 1.54) is 12.8 Å². The van der Waals surface area contributed by atoms with E-state index in [2.05, 4.69) is 39.5 Å². The van der Waals surface area contributed by atoms with Gasteiger partial charge in [-0.1, -0.05) is 32.4 Å². The quantitative estimate of drug-likeness (QED) is 0.419. The highest BCUT2D eigenvalue weighted by molar-refractivity contribution is 7.81. The van der Waals surface area contributed by atoms with Gasteiger partial charge in [-0.2, -0.15) is 0 Å². The highest BCUT2D eigenvalue weighted by Crippen LogP contribution is 2.58. The van der Waals surface area contributed by atoms with Gasteiger partial charge in [-0.25, -0.2) is 0 Å². The van der Waals surface area contributed by atoms with Crippen molar-refractivity contribution in [2.75, 3.05) is 0 Å². The highest BCUT2D eigenvalue weighted by atomic mass is 32.1. The molecule has 0 amide bonds. The second-order valence-corrected chi connectivity index (χ2v) is 7.91. The van der Waals surface area contributed by atoms with E-state index in [1.807, 2.05) is 0 Å². The van der Waals surface area contributed by atoms with Crippen molar-refractivity contribution in [3.05, 3.63) is 11.6 Å². The van der Waals surface area contributed by atoms with Crippen molar-refractivity contribution in [1.82, 2.24) is 0 Å². The Morgan fingerprint density at radius 3 is 2.72 bits per heavy atom. The average molecular weight is 266 g/mol. The van der Waals surface area contributed by atoms with Crippen LogP contribution in [0.5, 0.6) is 0 Å². The molecule has 0 aliphatic heterocycles. The zero-order chi connectivity index (χ0) is 13.1. The van der Waals surface area contributed by atoms with Crippen LogP contribution in [-0.4, -0.2) is 10.0 Å². The van der Waals surface area contributed by atoms with Crippen molar-refractivity contribution in [2.24, 2.45) is 35.5 Å². The summed E-state index contributed by atoms with van der Waals surface area (Å²) in [5.41, 5.74) is 1.68. The van der Waals surface area contributed by atoms with Crippen LogP contribution in [0.3, 0.4) is 0 Å². The summed E-state index contributed by atoms with van der Waals surface area (Å²) >= 11 is 4.65. The van der Waals surface area contributed by atoms with E-state index in [1.54, 1.807) is 5.57 Å². The second-order valence-electron chi connectivity index (χ2n) is 7.19. The summed E-state index contributed by atoms with van der Waals surface area (Å²) in [7, 11) is 0. The number of aliphatic hydroxyl groups is 1. The smallest absolute Gasteiger partial charge is 0.113 e. The Morgan fingerprint density at radius 1 is 1.33 bits per heavy atom. The third kappa shape index (κ3) is 1.79. The predicted molar refractivity (Wildman–Crippen MR) is 78.4 cm³/mol. The van der Waals surface area contributed by atoms with Crippen LogP contribution in [-0.2, 0) is 0 Å². The molecule has 0 aromatic carbocycles. The molecule has 3 rings (SSSR count). The molecule has 1 nitrogen and oxygen atoms in total. The van der Waals surface area contributed by atoms with Gasteiger partial charge in [0.2, 0.25) is 0 Å². The molecule has 6 atom stereocenters. The molecule has 2 bridgehead atoms. The Bertz CT molecular complexity index is 371. The van der Waals surface area contributed by atoms with Gasteiger partial charge in [0.25, 0.3) is 0 Å². The molecule has 3 aliphatic rings. The third-order valence-electron chi connectivity index (χ3n) is 5.86. The molecular formula is C16H26OS. The van der Waals surface area contributed by atoms with Gasteiger partial charge in [-0.3, -0.25) is 0 Å². The largest absolute Gasteiger partial charge is 0.379 e. The summed E-state index contributed by atoms with van der Waals surface area (Å²) in [6.07, 6.45) is 7.41. The molecule has 1 N–H and O–H groups in total. The van der Waals surface area contributed by atoms with Gasteiger partial charge in [-0.15, -0.1) is 12.6 Å². The minimum absolute atomic E-state index is 0.309. The van der Waals surface area contributed by atoms with Crippen molar-refractivity contribution in [3.8, 4) is 0 Å². The molecule has 0 saturated heterocycles. The molecule has 0 heterocycles. The van der Waals surface area contributed by atoms with Crippen molar-refractivity contribution in [2.45, 2.75) is 51.4 Å². The van der Waals surface area contributed by atoms with Crippen LogP contribution in [0.25, 0.3) is 0 Å². The predicted octanol–water partition coefficient (Wildman–Crippen LogP) is 3.89. The Morgan fingerprint density at radius 2 is 2.06 bits per heavy atom.